The fraction of sp³-hybridized carbons (Fsp3) is 0.474. The van der Waals surface area contributed by atoms with E-state index >= 15 is 0 Å². The van der Waals surface area contributed by atoms with E-state index in [1.807, 2.05) is 16.9 Å². The number of rotatable bonds is 4. The Balaban J connectivity index is 1.68. The van der Waals surface area contributed by atoms with E-state index in [0.717, 1.165) is 43.1 Å². The standard InChI is InChI=1S/C19H23N3O2/c1-12(2)5-7-22-19-16(11-20-22)15(10-18(23)21-19)13-3-4-17-14(9-13)6-8-24-17/h3-4,9,11-12,15H,5-8,10H2,1-2H3,(H,21,23). The van der Waals surface area contributed by atoms with Crippen molar-refractivity contribution in [1.29, 1.82) is 0 Å². The van der Waals surface area contributed by atoms with Crippen LogP contribution in [0, 0.1) is 5.92 Å². The van der Waals surface area contributed by atoms with Crippen molar-refractivity contribution in [3.05, 3.63) is 41.1 Å². The fourth-order valence-corrected chi connectivity index (χ4v) is 3.54. The summed E-state index contributed by atoms with van der Waals surface area (Å²) in [5.74, 6) is 2.60. The molecule has 3 heterocycles. The molecule has 1 N–H and O–H groups in total. The van der Waals surface area contributed by atoms with E-state index in [1.165, 1.54) is 11.1 Å². The third kappa shape index (κ3) is 2.68. The lowest BCUT2D eigenvalue weighted by Crippen LogP contribution is -2.25. The van der Waals surface area contributed by atoms with Gasteiger partial charge in [-0.25, -0.2) is 4.68 Å². The van der Waals surface area contributed by atoms with Gasteiger partial charge in [0, 0.05) is 30.9 Å². The Bertz CT molecular complexity index is 779. The molecule has 0 spiro atoms. The monoisotopic (exact) mass is 325 g/mol. The first-order valence-corrected chi connectivity index (χ1v) is 8.73. The molecule has 2 aliphatic rings. The Kier molecular flexibility index (Phi) is 3.79. The minimum atomic E-state index is 0.0653. The molecule has 0 bridgehead atoms. The summed E-state index contributed by atoms with van der Waals surface area (Å²) < 4.78 is 7.53. The first kappa shape index (κ1) is 15.2. The van der Waals surface area contributed by atoms with Crippen molar-refractivity contribution < 1.29 is 9.53 Å². The van der Waals surface area contributed by atoms with Crippen molar-refractivity contribution in [3.63, 3.8) is 0 Å². The molecule has 2 aromatic rings. The van der Waals surface area contributed by atoms with Crippen molar-refractivity contribution in [2.45, 2.75) is 45.6 Å². The molecule has 1 aromatic carbocycles. The lowest BCUT2D eigenvalue weighted by atomic mass is 9.86. The van der Waals surface area contributed by atoms with E-state index < -0.39 is 0 Å². The maximum Gasteiger partial charge on any atom is 0.226 e. The second-order valence-electron chi connectivity index (χ2n) is 7.12. The number of amides is 1. The molecular formula is C19H23N3O2. The van der Waals surface area contributed by atoms with Crippen molar-refractivity contribution >= 4 is 11.7 Å². The lowest BCUT2D eigenvalue weighted by molar-refractivity contribution is -0.116. The maximum atomic E-state index is 12.3. The number of fused-ring (bicyclic) bond motifs is 2. The summed E-state index contributed by atoms with van der Waals surface area (Å²) in [5.41, 5.74) is 3.54. The van der Waals surface area contributed by atoms with Crippen LogP contribution >= 0.6 is 0 Å². The number of ether oxygens (including phenoxy) is 1. The quantitative estimate of drug-likeness (QED) is 0.938. The van der Waals surface area contributed by atoms with E-state index in [-0.39, 0.29) is 11.8 Å². The highest BCUT2D eigenvalue weighted by molar-refractivity contribution is 5.94. The number of anilines is 1. The topological polar surface area (TPSA) is 56.2 Å². The Morgan fingerprint density at radius 3 is 3.12 bits per heavy atom. The minimum Gasteiger partial charge on any atom is -0.493 e. The summed E-state index contributed by atoms with van der Waals surface area (Å²) in [6, 6.07) is 6.32. The van der Waals surface area contributed by atoms with Crippen LogP contribution in [-0.4, -0.2) is 22.3 Å². The van der Waals surface area contributed by atoms with Gasteiger partial charge in [0.2, 0.25) is 5.91 Å². The number of nitrogens with one attached hydrogen (secondary N) is 1. The van der Waals surface area contributed by atoms with Gasteiger partial charge in [0.15, 0.2) is 0 Å². The minimum absolute atomic E-state index is 0.0653. The van der Waals surface area contributed by atoms with Gasteiger partial charge in [-0.15, -0.1) is 0 Å². The number of hydrogen-bond acceptors (Lipinski definition) is 3. The van der Waals surface area contributed by atoms with Crippen LogP contribution in [0.5, 0.6) is 5.75 Å². The number of aryl methyl sites for hydroxylation is 1. The van der Waals surface area contributed by atoms with Crippen molar-refractivity contribution in [1.82, 2.24) is 9.78 Å². The summed E-state index contributed by atoms with van der Waals surface area (Å²) in [6.45, 7) is 5.98. The van der Waals surface area contributed by atoms with Crippen molar-refractivity contribution in [2.75, 3.05) is 11.9 Å². The summed E-state index contributed by atoms with van der Waals surface area (Å²) in [6.07, 6.45) is 4.39. The number of benzene rings is 1. The lowest BCUT2D eigenvalue weighted by Gasteiger charge is -2.24. The third-order valence-corrected chi connectivity index (χ3v) is 4.92. The van der Waals surface area contributed by atoms with E-state index in [0.29, 0.717) is 12.3 Å². The molecule has 0 aliphatic carbocycles. The van der Waals surface area contributed by atoms with Gasteiger partial charge in [-0.3, -0.25) is 4.79 Å². The largest absolute Gasteiger partial charge is 0.493 e. The predicted octanol–water partition coefficient (Wildman–Crippen LogP) is 3.34. The number of aromatic nitrogens is 2. The van der Waals surface area contributed by atoms with Gasteiger partial charge in [0.05, 0.1) is 12.8 Å². The average molecular weight is 325 g/mol. The summed E-state index contributed by atoms with van der Waals surface area (Å²) in [5, 5.41) is 7.55. The zero-order chi connectivity index (χ0) is 16.7. The number of hydrogen-bond donors (Lipinski definition) is 1. The highest BCUT2D eigenvalue weighted by atomic mass is 16.5. The van der Waals surface area contributed by atoms with Crippen LogP contribution in [0.4, 0.5) is 5.82 Å². The van der Waals surface area contributed by atoms with Crippen LogP contribution in [0.2, 0.25) is 0 Å². The van der Waals surface area contributed by atoms with Crippen LogP contribution in [-0.2, 0) is 17.8 Å². The Morgan fingerprint density at radius 1 is 1.42 bits per heavy atom. The predicted molar refractivity (Wildman–Crippen MR) is 92.4 cm³/mol. The zero-order valence-electron chi connectivity index (χ0n) is 14.2. The second-order valence-corrected chi connectivity index (χ2v) is 7.12. The van der Waals surface area contributed by atoms with Crippen molar-refractivity contribution in [3.8, 4) is 5.75 Å². The highest BCUT2D eigenvalue weighted by Gasteiger charge is 2.30. The molecule has 0 saturated carbocycles. The molecule has 1 unspecified atom stereocenters. The first-order chi connectivity index (χ1) is 11.6. The summed E-state index contributed by atoms with van der Waals surface area (Å²) in [7, 11) is 0. The maximum absolute atomic E-state index is 12.3. The molecule has 1 aromatic heterocycles. The van der Waals surface area contributed by atoms with Crippen LogP contribution < -0.4 is 10.1 Å². The van der Waals surface area contributed by atoms with Gasteiger partial charge >= 0.3 is 0 Å². The molecule has 2 aliphatic heterocycles. The molecule has 5 heteroatoms. The van der Waals surface area contributed by atoms with Crippen LogP contribution in [0.3, 0.4) is 0 Å². The van der Waals surface area contributed by atoms with Crippen LogP contribution in [0.1, 0.15) is 49.3 Å². The molecular weight excluding hydrogens is 302 g/mol. The van der Waals surface area contributed by atoms with E-state index in [2.05, 4.69) is 36.4 Å². The summed E-state index contributed by atoms with van der Waals surface area (Å²) >= 11 is 0. The molecule has 1 amide bonds. The zero-order valence-corrected chi connectivity index (χ0v) is 14.2. The SMILES string of the molecule is CC(C)CCn1ncc2c1NC(=O)CC2c1ccc2c(c1)CCO2. The van der Waals surface area contributed by atoms with Crippen LogP contribution in [0.25, 0.3) is 0 Å². The van der Waals surface area contributed by atoms with E-state index in [1.54, 1.807) is 0 Å². The average Bonchev–Trinajstić information content (AvgIpc) is 3.17. The van der Waals surface area contributed by atoms with Gasteiger partial charge < -0.3 is 10.1 Å². The van der Waals surface area contributed by atoms with Crippen LogP contribution in [0.15, 0.2) is 24.4 Å². The summed E-state index contributed by atoms with van der Waals surface area (Å²) in [4.78, 5) is 12.3. The van der Waals surface area contributed by atoms with Gasteiger partial charge in [-0.2, -0.15) is 5.10 Å². The molecule has 4 rings (SSSR count). The Labute approximate surface area is 142 Å². The number of carbonyl (C=O) groups excluding carboxylic acids is 1. The highest BCUT2D eigenvalue weighted by Crippen LogP contribution is 2.39. The van der Waals surface area contributed by atoms with E-state index in [4.69, 9.17) is 4.74 Å². The van der Waals surface area contributed by atoms with Gasteiger partial charge in [-0.05, 0) is 29.5 Å². The number of carbonyl (C=O) groups is 1. The molecule has 0 fully saturated rings. The van der Waals surface area contributed by atoms with E-state index in [9.17, 15) is 4.79 Å². The molecule has 126 valence electrons. The Morgan fingerprint density at radius 2 is 2.29 bits per heavy atom. The molecule has 0 saturated heterocycles. The molecule has 0 radical (unpaired) electrons. The Hall–Kier alpha value is -2.30. The normalized spacial score (nSPS) is 19.0. The number of nitrogens with zero attached hydrogens (tertiary/aromatic N) is 2. The van der Waals surface area contributed by atoms with Gasteiger partial charge in [0.1, 0.15) is 11.6 Å². The smallest absolute Gasteiger partial charge is 0.226 e. The molecule has 5 nitrogen and oxygen atoms in total. The second kappa shape index (κ2) is 5.96. The molecule has 1 atom stereocenters. The molecule has 24 heavy (non-hydrogen) atoms. The first-order valence-electron chi connectivity index (χ1n) is 8.73. The van der Waals surface area contributed by atoms with Crippen molar-refractivity contribution in [2.24, 2.45) is 5.92 Å². The fourth-order valence-electron chi connectivity index (χ4n) is 3.54. The van der Waals surface area contributed by atoms with Gasteiger partial charge in [0.25, 0.3) is 0 Å². The van der Waals surface area contributed by atoms with Gasteiger partial charge in [-0.1, -0.05) is 26.0 Å². The third-order valence-electron chi connectivity index (χ3n) is 4.92.